The first-order valence-corrected chi connectivity index (χ1v) is 7.31. The largest absolute Gasteiger partial charge is 0.337 e. The highest BCUT2D eigenvalue weighted by Gasteiger charge is 2.12. The Morgan fingerprint density at radius 2 is 2.08 bits per heavy atom. The van der Waals surface area contributed by atoms with E-state index >= 15 is 0 Å². The first-order valence-electron chi connectivity index (χ1n) is 7.31. The summed E-state index contributed by atoms with van der Waals surface area (Å²) in [7, 11) is 0. The van der Waals surface area contributed by atoms with E-state index in [2.05, 4.69) is 16.0 Å². The normalized spacial score (nSPS) is 11.5. The van der Waals surface area contributed by atoms with Crippen LogP contribution in [-0.4, -0.2) is 14.9 Å². The molecule has 0 saturated carbocycles. The quantitative estimate of drug-likeness (QED) is 0.445. The van der Waals surface area contributed by atoms with Crippen molar-refractivity contribution >= 4 is 28.4 Å². The van der Waals surface area contributed by atoms with Gasteiger partial charge in [0.1, 0.15) is 11.9 Å². The lowest BCUT2D eigenvalue weighted by atomic mass is 10.1. The van der Waals surface area contributed by atoms with Crippen molar-refractivity contribution in [3.8, 4) is 6.07 Å². The highest BCUT2D eigenvalue weighted by Crippen LogP contribution is 2.24. The number of aromatic nitrogens is 2. The molecule has 24 heavy (non-hydrogen) atoms. The molecule has 0 saturated heterocycles. The van der Waals surface area contributed by atoms with E-state index in [0.717, 1.165) is 16.6 Å². The molecule has 3 rings (SSSR count). The molecule has 1 heterocycles. The van der Waals surface area contributed by atoms with Crippen molar-refractivity contribution in [2.24, 2.45) is 0 Å². The van der Waals surface area contributed by atoms with Crippen LogP contribution in [0, 0.1) is 35.3 Å². The van der Waals surface area contributed by atoms with E-state index in [0.29, 0.717) is 22.5 Å². The van der Waals surface area contributed by atoms with Crippen LogP contribution >= 0.6 is 0 Å². The molecule has 0 spiro atoms. The van der Waals surface area contributed by atoms with Gasteiger partial charge in [-0.25, -0.2) is 4.98 Å². The standard InChI is InChI=1S/C18H14N4O2/c1-11-3-6-15-16(7-11)21-18(20-15)14(10-19)8-13-5-4-12(2)17(9-13)22(23)24/h3-9H,1-2H3,(H,20,21)/b14-8+. The second-order valence-corrected chi connectivity index (χ2v) is 5.58. The van der Waals surface area contributed by atoms with Gasteiger partial charge in [-0.15, -0.1) is 0 Å². The van der Waals surface area contributed by atoms with Crippen molar-refractivity contribution in [3.63, 3.8) is 0 Å². The Hall–Kier alpha value is -3.46. The van der Waals surface area contributed by atoms with Crippen LogP contribution in [0.2, 0.25) is 0 Å². The molecule has 6 nitrogen and oxygen atoms in total. The van der Waals surface area contributed by atoms with Crippen LogP contribution in [0.5, 0.6) is 0 Å². The van der Waals surface area contributed by atoms with Gasteiger partial charge in [0.15, 0.2) is 0 Å². The maximum absolute atomic E-state index is 11.0. The van der Waals surface area contributed by atoms with Gasteiger partial charge in [0.2, 0.25) is 0 Å². The van der Waals surface area contributed by atoms with Crippen LogP contribution in [0.15, 0.2) is 36.4 Å². The molecule has 0 fully saturated rings. The lowest BCUT2D eigenvalue weighted by Crippen LogP contribution is -1.92. The zero-order chi connectivity index (χ0) is 17.3. The fourth-order valence-electron chi connectivity index (χ4n) is 2.48. The van der Waals surface area contributed by atoms with Crippen molar-refractivity contribution in [2.45, 2.75) is 13.8 Å². The second kappa shape index (κ2) is 5.97. The number of fused-ring (bicyclic) bond motifs is 1. The van der Waals surface area contributed by atoms with Crippen LogP contribution in [0.4, 0.5) is 5.69 Å². The van der Waals surface area contributed by atoms with E-state index < -0.39 is 4.92 Å². The van der Waals surface area contributed by atoms with Gasteiger partial charge in [-0.3, -0.25) is 10.1 Å². The van der Waals surface area contributed by atoms with Crippen LogP contribution in [0.3, 0.4) is 0 Å². The minimum absolute atomic E-state index is 0.0290. The lowest BCUT2D eigenvalue weighted by Gasteiger charge is -1.99. The Kier molecular flexibility index (Phi) is 3.84. The number of hydrogen-bond donors (Lipinski definition) is 1. The van der Waals surface area contributed by atoms with Gasteiger partial charge in [-0.05, 0) is 43.2 Å². The molecule has 0 unspecified atom stereocenters. The Bertz CT molecular complexity index is 1030. The zero-order valence-corrected chi connectivity index (χ0v) is 13.2. The average molecular weight is 318 g/mol. The Labute approximate surface area is 138 Å². The summed E-state index contributed by atoms with van der Waals surface area (Å²) in [6.45, 7) is 3.66. The van der Waals surface area contributed by atoms with Crippen molar-refractivity contribution in [2.75, 3.05) is 0 Å². The maximum Gasteiger partial charge on any atom is 0.272 e. The molecule has 0 aliphatic carbocycles. The van der Waals surface area contributed by atoms with E-state index in [1.54, 1.807) is 25.1 Å². The predicted molar refractivity (Wildman–Crippen MR) is 92.1 cm³/mol. The summed E-state index contributed by atoms with van der Waals surface area (Å²) in [5.41, 5.74) is 4.22. The zero-order valence-electron chi connectivity index (χ0n) is 13.2. The number of allylic oxidation sites excluding steroid dienone is 1. The number of aryl methyl sites for hydroxylation is 2. The van der Waals surface area contributed by atoms with Crippen molar-refractivity contribution < 1.29 is 4.92 Å². The van der Waals surface area contributed by atoms with Crippen molar-refractivity contribution in [1.82, 2.24) is 9.97 Å². The number of nitriles is 1. The smallest absolute Gasteiger partial charge is 0.272 e. The van der Waals surface area contributed by atoms with Crippen LogP contribution < -0.4 is 0 Å². The van der Waals surface area contributed by atoms with Gasteiger partial charge in [0, 0.05) is 11.6 Å². The molecule has 6 heteroatoms. The summed E-state index contributed by atoms with van der Waals surface area (Å²) >= 11 is 0. The van der Waals surface area contributed by atoms with Gasteiger partial charge < -0.3 is 4.98 Å². The summed E-state index contributed by atoms with van der Waals surface area (Å²) in [4.78, 5) is 18.2. The van der Waals surface area contributed by atoms with Gasteiger partial charge in [0.25, 0.3) is 5.69 Å². The number of imidazole rings is 1. The topological polar surface area (TPSA) is 95.6 Å². The summed E-state index contributed by atoms with van der Waals surface area (Å²) < 4.78 is 0. The Morgan fingerprint density at radius 1 is 1.29 bits per heavy atom. The number of H-pyrrole nitrogens is 1. The molecule has 2 aromatic carbocycles. The molecule has 0 radical (unpaired) electrons. The molecule has 0 atom stereocenters. The second-order valence-electron chi connectivity index (χ2n) is 5.58. The van der Waals surface area contributed by atoms with Crippen LogP contribution in [0.25, 0.3) is 22.7 Å². The van der Waals surface area contributed by atoms with Crippen LogP contribution in [-0.2, 0) is 0 Å². The minimum Gasteiger partial charge on any atom is -0.337 e. The lowest BCUT2D eigenvalue weighted by molar-refractivity contribution is -0.385. The SMILES string of the molecule is Cc1ccc2nc(/C(C#N)=C/c3ccc(C)c([N+](=O)[O-])c3)[nH]c2c1. The van der Waals surface area contributed by atoms with Gasteiger partial charge in [-0.1, -0.05) is 18.2 Å². The summed E-state index contributed by atoms with van der Waals surface area (Å²) in [5, 5.41) is 20.5. The number of nitro benzene ring substituents is 1. The maximum atomic E-state index is 11.0. The summed E-state index contributed by atoms with van der Waals surface area (Å²) in [6.07, 6.45) is 1.59. The number of aromatic amines is 1. The highest BCUT2D eigenvalue weighted by molar-refractivity contribution is 5.90. The van der Waals surface area contributed by atoms with Crippen LogP contribution in [0.1, 0.15) is 22.5 Å². The molecule has 0 bridgehead atoms. The number of nitrogens with one attached hydrogen (secondary N) is 1. The Balaban J connectivity index is 2.07. The Morgan fingerprint density at radius 3 is 2.79 bits per heavy atom. The average Bonchev–Trinajstić information content (AvgIpc) is 2.96. The molecule has 0 aliphatic heterocycles. The molecular weight excluding hydrogens is 304 g/mol. The van der Waals surface area contributed by atoms with E-state index in [9.17, 15) is 15.4 Å². The molecule has 118 valence electrons. The molecule has 0 aliphatic rings. The molecule has 1 N–H and O–H groups in total. The number of nitro groups is 1. The summed E-state index contributed by atoms with van der Waals surface area (Å²) in [6, 6.07) is 12.8. The number of nitrogens with zero attached hydrogens (tertiary/aromatic N) is 3. The first kappa shape index (κ1) is 15.4. The van der Waals surface area contributed by atoms with Crippen molar-refractivity contribution in [1.29, 1.82) is 5.26 Å². The van der Waals surface area contributed by atoms with E-state index in [-0.39, 0.29) is 5.69 Å². The predicted octanol–water partition coefficient (Wildman–Crippen LogP) is 4.15. The molecule has 1 aromatic heterocycles. The van der Waals surface area contributed by atoms with Gasteiger partial charge in [-0.2, -0.15) is 5.26 Å². The number of hydrogen-bond acceptors (Lipinski definition) is 4. The molecule has 0 amide bonds. The fraction of sp³-hybridized carbons (Fsp3) is 0.111. The first-order chi connectivity index (χ1) is 11.5. The van der Waals surface area contributed by atoms with E-state index in [1.807, 2.05) is 25.1 Å². The van der Waals surface area contributed by atoms with Gasteiger partial charge in [0.05, 0.1) is 21.5 Å². The fourth-order valence-corrected chi connectivity index (χ4v) is 2.48. The van der Waals surface area contributed by atoms with Crippen molar-refractivity contribution in [3.05, 3.63) is 69.0 Å². The highest BCUT2D eigenvalue weighted by atomic mass is 16.6. The van der Waals surface area contributed by atoms with Gasteiger partial charge >= 0.3 is 0 Å². The number of benzene rings is 2. The molecule has 3 aromatic rings. The monoisotopic (exact) mass is 318 g/mol. The summed E-state index contributed by atoms with van der Waals surface area (Å²) in [5.74, 6) is 0.446. The van der Waals surface area contributed by atoms with E-state index in [1.165, 1.54) is 6.07 Å². The third-order valence-electron chi connectivity index (χ3n) is 3.75. The minimum atomic E-state index is -0.428. The van der Waals surface area contributed by atoms with E-state index in [4.69, 9.17) is 0 Å². The number of rotatable bonds is 3. The third kappa shape index (κ3) is 2.88. The molecular formula is C18H14N4O2. The third-order valence-corrected chi connectivity index (χ3v) is 3.75.